The van der Waals surface area contributed by atoms with Crippen molar-refractivity contribution >= 4 is 28.5 Å². The van der Waals surface area contributed by atoms with Gasteiger partial charge in [-0.3, -0.25) is 4.68 Å². The number of aryl methyl sites for hydroxylation is 1. The molecule has 0 bridgehead atoms. The number of halogens is 1. The van der Waals surface area contributed by atoms with Gasteiger partial charge in [0.15, 0.2) is 5.65 Å². The standard InChI is InChI=1S/C13H18ClN5/c1-8-5-3-4-6-10(8)16-11-9-7-15-19(2)12(9)18-13(14)17-11/h7-8,10H,3-6H2,1-2H3,(H,16,17,18). The first-order valence-electron chi connectivity index (χ1n) is 6.77. The summed E-state index contributed by atoms with van der Waals surface area (Å²) in [6.07, 6.45) is 6.85. The molecule has 0 amide bonds. The van der Waals surface area contributed by atoms with Gasteiger partial charge >= 0.3 is 0 Å². The van der Waals surface area contributed by atoms with Crippen molar-refractivity contribution in [1.29, 1.82) is 0 Å². The lowest BCUT2D eigenvalue weighted by molar-refractivity contribution is 0.349. The van der Waals surface area contributed by atoms with E-state index >= 15 is 0 Å². The molecule has 0 aliphatic heterocycles. The first-order chi connectivity index (χ1) is 9.15. The Bertz CT molecular complexity index is 594. The first-order valence-corrected chi connectivity index (χ1v) is 7.14. The molecule has 6 heteroatoms. The van der Waals surface area contributed by atoms with Gasteiger partial charge < -0.3 is 5.32 Å². The molecule has 3 rings (SSSR count). The maximum atomic E-state index is 6.00. The van der Waals surface area contributed by atoms with Gasteiger partial charge in [-0.05, 0) is 30.4 Å². The average Bonchev–Trinajstić information content (AvgIpc) is 2.74. The second kappa shape index (κ2) is 4.96. The zero-order valence-corrected chi connectivity index (χ0v) is 12.0. The van der Waals surface area contributed by atoms with Gasteiger partial charge in [-0.25, -0.2) is 0 Å². The predicted molar refractivity (Wildman–Crippen MR) is 76.4 cm³/mol. The predicted octanol–water partition coefficient (Wildman–Crippen LogP) is 3.01. The van der Waals surface area contributed by atoms with E-state index in [0.29, 0.717) is 12.0 Å². The third kappa shape index (κ3) is 2.39. The van der Waals surface area contributed by atoms with Crippen molar-refractivity contribution in [3.63, 3.8) is 0 Å². The van der Waals surface area contributed by atoms with Crippen LogP contribution in [0.4, 0.5) is 5.82 Å². The molecule has 2 unspecified atom stereocenters. The van der Waals surface area contributed by atoms with Gasteiger partial charge in [0.25, 0.3) is 0 Å². The van der Waals surface area contributed by atoms with Crippen molar-refractivity contribution in [2.45, 2.75) is 38.6 Å². The van der Waals surface area contributed by atoms with E-state index in [1.807, 2.05) is 7.05 Å². The Morgan fingerprint density at radius 2 is 2.11 bits per heavy atom. The van der Waals surface area contributed by atoms with E-state index in [9.17, 15) is 0 Å². The molecule has 2 atom stereocenters. The van der Waals surface area contributed by atoms with Crippen LogP contribution in [0.3, 0.4) is 0 Å². The molecule has 1 aliphatic rings. The van der Waals surface area contributed by atoms with Gasteiger partial charge in [0.05, 0.1) is 11.6 Å². The molecule has 1 fully saturated rings. The number of hydrogen-bond acceptors (Lipinski definition) is 4. The van der Waals surface area contributed by atoms with Crippen LogP contribution < -0.4 is 5.32 Å². The van der Waals surface area contributed by atoms with Crippen LogP contribution in [0.1, 0.15) is 32.6 Å². The number of hydrogen-bond donors (Lipinski definition) is 1. The van der Waals surface area contributed by atoms with Crippen LogP contribution in [-0.4, -0.2) is 25.8 Å². The summed E-state index contributed by atoms with van der Waals surface area (Å²) in [7, 11) is 1.86. The van der Waals surface area contributed by atoms with E-state index in [0.717, 1.165) is 16.9 Å². The topological polar surface area (TPSA) is 55.6 Å². The normalized spacial score (nSPS) is 23.7. The second-order valence-electron chi connectivity index (χ2n) is 5.36. The Morgan fingerprint density at radius 3 is 2.89 bits per heavy atom. The maximum absolute atomic E-state index is 6.00. The molecule has 19 heavy (non-hydrogen) atoms. The van der Waals surface area contributed by atoms with Crippen molar-refractivity contribution in [2.75, 3.05) is 5.32 Å². The molecule has 0 spiro atoms. The van der Waals surface area contributed by atoms with E-state index < -0.39 is 0 Å². The van der Waals surface area contributed by atoms with Crippen molar-refractivity contribution in [1.82, 2.24) is 19.7 Å². The highest BCUT2D eigenvalue weighted by Crippen LogP contribution is 2.29. The fourth-order valence-electron chi connectivity index (χ4n) is 2.81. The summed E-state index contributed by atoms with van der Waals surface area (Å²) in [4.78, 5) is 8.56. The molecule has 1 saturated carbocycles. The summed E-state index contributed by atoms with van der Waals surface area (Å²) in [5.41, 5.74) is 0.769. The molecule has 0 aromatic carbocycles. The average molecular weight is 280 g/mol. The van der Waals surface area contributed by atoms with E-state index in [-0.39, 0.29) is 5.28 Å². The lowest BCUT2D eigenvalue weighted by Gasteiger charge is -2.30. The fourth-order valence-corrected chi connectivity index (χ4v) is 2.98. The molecular weight excluding hydrogens is 262 g/mol. The zero-order chi connectivity index (χ0) is 13.4. The monoisotopic (exact) mass is 279 g/mol. The van der Waals surface area contributed by atoms with Crippen molar-refractivity contribution in [3.05, 3.63) is 11.5 Å². The summed E-state index contributed by atoms with van der Waals surface area (Å²) < 4.78 is 1.72. The van der Waals surface area contributed by atoms with Gasteiger partial charge in [0.1, 0.15) is 5.82 Å². The first kappa shape index (κ1) is 12.7. The van der Waals surface area contributed by atoms with E-state index in [1.54, 1.807) is 10.9 Å². The Morgan fingerprint density at radius 1 is 1.32 bits per heavy atom. The minimum atomic E-state index is 0.266. The minimum absolute atomic E-state index is 0.266. The third-order valence-corrected chi connectivity index (χ3v) is 4.17. The smallest absolute Gasteiger partial charge is 0.226 e. The molecule has 0 saturated heterocycles. The van der Waals surface area contributed by atoms with Crippen LogP contribution in [0.25, 0.3) is 11.0 Å². The lowest BCUT2D eigenvalue weighted by Crippen LogP contribution is -2.30. The Labute approximate surface area is 117 Å². The van der Waals surface area contributed by atoms with Crippen LogP contribution in [0.2, 0.25) is 5.28 Å². The van der Waals surface area contributed by atoms with Crippen molar-refractivity contribution in [2.24, 2.45) is 13.0 Å². The van der Waals surface area contributed by atoms with Crippen LogP contribution >= 0.6 is 11.6 Å². The van der Waals surface area contributed by atoms with E-state index in [2.05, 4.69) is 27.3 Å². The van der Waals surface area contributed by atoms with Gasteiger partial charge in [0.2, 0.25) is 5.28 Å². The lowest BCUT2D eigenvalue weighted by atomic mass is 9.86. The summed E-state index contributed by atoms with van der Waals surface area (Å²) in [5.74, 6) is 1.47. The molecule has 1 N–H and O–H groups in total. The Balaban J connectivity index is 1.95. The fraction of sp³-hybridized carbons (Fsp3) is 0.615. The van der Waals surface area contributed by atoms with Crippen LogP contribution in [0.5, 0.6) is 0 Å². The van der Waals surface area contributed by atoms with Gasteiger partial charge in [-0.2, -0.15) is 15.1 Å². The second-order valence-corrected chi connectivity index (χ2v) is 5.70. The molecule has 0 radical (unpaired) electrons. The summed E-state index contributed by atoms with van der Waals surface area (Å²) in [5, 5.41) is 8.96. The highest BCUT2D eigenvalue weighted by atomic mass is 35.5. The summed E-state index contributed by atoms with van der Waals surface area (Å²) in [6.45, 7) is 2.29. The van der Waals surface area contributed by atoms with Crippen molar-refractivity contribution < 1.29 is 0 Å². The largest absolute Gasteiger partial charge is 0.366 e. The number of anilines is 1. The molecular formula is C13H18ClN5. The molecule has 1 aliphatic carbocycles. The molecule has 2 aromatic rings. The third-order valence-electron chi connectivity index (χ3n) is 4.00. The quantitative estimate of drug-likeness (QED) is 0.859. The number of fused-ring (bicyclic) bond motifs is 1. The van der Waals surface area contributed by atoms with Gasteiger partial charge in [-0.1, -0.05) is 19.8 Å². The highest BCUT2D eigenvalue weighted by molar-refractivity contribution is 6.28. The number of nitrogens with one attached hydrogen (secondary N) is 1. The van der Waals surface area contributed by atoms with E-state index in [1.165, 1.54) is 25.7 Å². The molecule has 2 aromatic heterocycles. The minimum Gasteiger partial charge on any atom is -0.366 e. The van der Waals surface area contributed by atoms with Crippen LogP contribution in [0, 0.1) is 5.92 Å². The Kier molecular flexibility index (Phi) is 3.31. The van der Waals surface area contributed by atoms with Crippen LogP contribution in [0.15, 0.2) is 6.20 Å². The van der Waals surface area contributed by atoms with E-state index in [4.69, 9.17) is 11.6 Å². The number of nitrogens with zero attached hydrogens (tertiary/aromatic N) is 4. The molecule has 102 valence electrons. The number of aromatic nitrogens is 4. The molecule has 2 heterocycles. The summed E-state index contributed by atoms with van der Waals surface area (Å²) in [6, 6.07) is 0.461. The highest BCUT2D eigenvalue weighted by Gasteiger charge is 2.22. The van der Waals surface area contributed by atoms with Gasteiger partial charge in [0, 0.05) is 13.1 Å². The van der Waals surface area contributed by atoms with Crippen molar-refractivity contribution in [3.8, 4) is 0 Å². The zero-order valence-electron chi connectivity index (χ0n) is 11.2. The van der Waals surface area contributed by atoms with Gasteiger partial charge in [-0.15, -0.1) is 0 Å². The van der Waals surface area contributed by atoms with Crippen LogP contribution in [-0.2, 0) is 7.05 Å². The Hall–Kier alpha value is -1.36. The maximum Gasteiger partial charge on any atom is 0.226 e. The summed E-state index contributed by atoms with van der Waals surface area (Å²) >= 11 is 6.00. The molecule has 5 nitrogen and oxygen atoms in total. The SMILES string of the molecule is CC1CCCCC1Nc1nc(Cl)nc2c1cnn2C. The number of rotatable bonds is 2.